The van der Waals surface area contributed by atoms with Crippen molar-refractivity contribution in [1.82, 2.24) is 10.2 Å². The molecule has 0 unspecified atom stereocenters. The van der Waals surface area contributed by atoms with E-state index in [2.05, 4.69) is 26.9 Å². The molecule has 0 radical (unpaired) electrons. The van der Waals surface area contributed by atoms with Gasteiger partial charge in [0.15, 0.2) is 23.0 Å². The molecular weight excluding hydrogens is 344 g/mol. The molecule has 0 saturated carbocycles. The summed E-state index contributed by atoms with van der Waals surface area (Å²) in [6.45, 7) is 4.26. The quantitative estimate of drug-likeness (QED) is 0.734. The summed E-state index contributed by atoms with van der Waals surface area (Å²) in [5, 5.41) is 14.1. The molecule has 0 bridgehead atoms. The van der Waals surface area contributed by atoms with Gasteiger partial charge in [-0.2, -0.15) is 0 Å². The SMILES string of the molecule is Cc1cc(C)cc(Nc2ccc(C(=O)Nc3ccc4c(c3)OCO4)nn2)c1. The Balaban J connectivity index is 1.44. The van der Waals surface area contributed by atoms with Crippen LogP contribution in [-0.4, -0.2) is 22.9 Å². The normalized spacial score (nSPS) is 11.9. The molecule has 0 aliphatic carbocycles. The van der Waals surface area contributed by atoms with Crippen LogP contribution in [0.3, 0.4) is 0 Å². The summed E-state index contributed by atoms with van der Waals surface area (Å²) in [6.07, 6.45) is 0. The molecule has 1 aliphatic rings. The van der Waals surface area contributed by atoms with E-state index in [0.29, 0.717) is 23.0 Å². The zero-order chi connectivity index (χ0) is 18.8. The Morgan fingerprint density at radius 1 is 0.889 bits per heavy atom. The van der Waals surface area contributed by atoms with E-state index in [0.717, 1.165) is 16.8 Å². The standard InChI is InChI=1S/C20H18N4O3/c1-12-7-13(2)9-15(8-12)21-19-6-4-16(23-24-19)20(25)22-14-3-5-17-18(10-14)27-11-26-17/h3-10H,11H2,1-2H3,(H,21,24)(H,22,25). The fourth-order valence-electron chi connectivity index (χ4n) is 2.88. The van der Waals surface area contributed by atoms with E-state index >= 15 is 0 Å². The van der Waals surface area contributed by atoms with Crippen molar-refractivity contribution >= 4 is 23.1 Å². The first-order valence-electron chi connectivity index (χ1n) is 8.47. The van der Waals surface area contributed by atoms with E-state index in [1.165, 1.54) is 0 Å². The molecule has 4 rings (SSSR count). The maximum atomic E-state index is 12.4. The molecule has 1 amide bonds. The van der Waals surface area contributed by atoms with E-state index < -0.39 is 0 Å². The fourth-order valence-corrected chi connectivity index (χ4v) is 2.88. The minimum atomic E-state index is -0.348. The maximum Gasteiger partial charge on any atom is 0.276 e. The lowest BCUT2D eigenvalue weighted by Gasteiger charge is -2.08. The largest absolute Gasteiger partial charge is 0.454 e. The van der Waals surface area contributed by atoms with Crippen molar-refractivity contribution < 1.29 is 14.3 Å². The zero-order valence-corrected chi connectivity index (χ0v) is 14.9. The second kappa shape index (κ2) is 6.95. The van der Waals surface area contributed by atoms with Crippen molar-refractivity contribution in [1.29, 1.82) is 0 Å². The third-order valence-electron chi connectivity index (χ3n) is 4.02. The van der Waals surface area contributed by atoms with E-state index in [-0.39, 0.29) is 18.4 Å². The van der Waals surface area contributed by atoms with Crippen molar-refractivity contribution in [3.05, 3.63) is 65.4 Å². The highest BCUT2D eigenvalue weighted by Gasteiger charge is 2.15. The van der Waals surface area contributed by atoms with Crippen LogP contribution in [0.4, 0.5) is 17.2 Å². The van der Waals surface area contributed by atoms with E-state index in [1.54, 1.807) is 30.3 Å². The average Bonchev–Trinajstić information content (AvgIpc) is 3.09. The smallest absolute Gasteiger partial charge is 0.276 e. The highest BCUT2D eigenvalue weighted by Crippen LogP contribution is 2.34. The lowest BCUT2D eigenvalue weighted by Crippen LogP contribution is -2.14. The lowest BCUT2D eigenvalue weighted by atomic mass is 10.1. The van der Waals surface area contributed by atoms with Crippen LogP contribution in [0.15, 0.2) is 48.5 Å². The van der Waals surface area contributed by atoms with Crippen LogP contribution in [0.5, 0.6) is 11.5 Å². The van der Waals surface area contributed by atoms with Crippen LogP contribution in [0.2, 0.25) is 0 Å². The first-order valence-corrected chi connectivity index (χ1v) is 8.47. The molecule has 2 N–H and O–H groups in total. The van der Waals surface area contributed by atoms with Crippen molar-refractivity contribution in [2.45, 2.75) is 13.8 Å². The van der Waals surface area contributed by atoms with Crippen LogP contribution < -0.4 is 20.1 Å². The predicted octanol–water partition coefficient (Wildman–Crippen LogP) is 3.82. The Hall–Kier alpha value is -3.61. The Labute approximate surface area is 156 Å². The first-order chi connectivity index (χ1) is 13.1. The molecule has 2 heterocycles. The number of amides is 1. The first kappa shape index (κ1) is 16.8. The van der Waals surface area contributed by atoms with E-state index in [4.69, 9.17) is 9.47 Å². The Kier molecular flexibility index (Phi) is 4.33. The van der Waals surface area contributed by atoms with Gasteiger partial charge >= 0.3 is 0 Å². The van der Waals surface area contributed by atoms with E-state index in [1.807, 2.05) is 26.0 Å². The highest BCUT2D eigenvalue weighted by atomic mass is 16.7. The Morgan fingerprint density at radius 2 is 1.67 bits per heavy atom. The van der Waals surface area contributed by atoms with Gasteiger partial charge in [0, 0.05) is 17.4 Å². The molecule has 0 atom stereocenters. The third kappa shape index (κ3) is 3.82. The van der Waals surface area contributed by atoms with Gasteiger partial charge in [0.2, 0.25) is 6.79 Å². The zero-order valence-electron chi connectivity index (χ0n) is 14.9. The van der Waals surface area contributed by atoms with Gasteiger partial charge in [0.25, 0.3) is 5.91 Å². The number of aryl methyl sites for hydroxylation is 2. The monoisotopic (exact) mass is 362 g/mol. The summed E-state index contributed by atoms with van der Waals surface area (Å²) in [6, 6.07) is 14.7. The Morgan fingerprint density at radius 3 is 2.41 bits per heavy atom. The van der Waals surface area contributed by atoms with Crippen molar-refractivity contribution in [2.24, 2.45) is 0 Å². The lowest BCUT2D eigenvalue weighted by molar-refractivity contribution is 0.102. The van der Waals surface area contributed by atoms with Gasteiger partial charge in [0.05, 0.1) is 0 Å². The second-order valence-electron chi connectivity index (χ2n) is 6.33. The minimum Gasteiger partial charge on any atom is -0.454 e. The number of rotatable bonds is 4. The van der Waals surface area contributed by atoms with Crippen molar-refractivity contribution in [3.63, 3.8) is 0 Å². The van der Waals surface area contributed by atoms with E-state index in [9.17, 15) is 4.79 Å². The second-order valence-corrected chi connectivity index (χ2v) is 6.33. The third-order valence-corrected chi connectivity index (χ3v) is 4.02. The summed E-state index contributed by atoms with van der Waals surface area (Å²) < 4.78 is 10.6. The molecule has 1 aliphatic heterocycles. The number of carbonyl (C=O) groups is 1. The number of benzene rings is 2. The molecular formula is C20H18N4O3. The molecule has 2 aromatic carbocycles. The number of carbonyl (C=O) groups excluding carboxylic acids is 1. The summed E-state index contributed by atoms with van der Waals surface area (Å²) >= 11 is 0. The van der Waals surface area contributed by atoms with Crippen LogP contribution in [0, 0.1) is 13.8 Å². The van der Waals surface area contributed by atoms with Crippen LogP contribution in [-0.2, 0) is 0 Å². The van der Waals surface area contributed by atoms with Gasteiger partial charge in [-0.05, 0) is 61.4 Å². The van der Waals surface area contributed by atoms with Crippen molar-refractivity contribution in [2.75, 3.05) is 17.4 Å². The number of nitrogens with one attached hydrogen (secondary N) is 2. The molecule has 0 saturated heterocycles. The van der Waals surface area contributed by atoms with Crippen LogP contribution in [0.25, 0.3) is 0 Å². The molecule has 0 fully saturated rings. The molecule has 3 aromatic rings. The molecule has 7 nitrogen and oxygen atoms in total. The summed E-state index contributed by atoms with van der Waals surface area (Å²) in [4.78, 5) is 12.4. The number of nitrogens with zero attached hydrogens (tertiary/aromatic N) is 2. The Bertz CT molecular complexity index is 982. The number of hydrogen-bond donors (Lipinski definition) is 2. The van der Waals surface area contributed by atoms with Crippen LogP contribution >= 0.6 is 0 Å². The number of anilines is 3. The van der Waals surface area contributed by atoms with Gasteiger partial charge in [-0.3, -0.25) is 4.79 Å². The number of ether oxygens (including phenoxy) is 2. The van der Waals surface area contributed by atoms with Gasteiger partial charge in [-0.1, -0.05) is 6.07 Å². The maximum absolute atomic E-state index is 12.4. The summed E-state index contributed by atoms with van der Waals surface area (Å²) in [7, 11) is 0. The highest BCUT2D eigenvalue weighted by molar-refractivity contribution is 6.03. The van der Waals surface area contributed by atoms with Gasteiger partial charge < -0.3 is 20.1 Å². The molecule has 1 aromatic heterocycles. The number of fused-ring (bicyclic) bond motifs is 1. The number of aromatic nitrogens is 2. The fraction of sp³-hybridized carbons (Fsp3) is 0.150. The molecule has 7 heteroatoms. The molecule has 27 heavy (non-hydrogen) atoms. The summed E-state index contributed by atoms with van der Waals surface area (Å²) in [5.41, 5.74) is 4.07. The van der Waals surface area contributed by atoms with Gasteiger partial charge in [0.1, 0.15) is 0 Å². The summed E-state index contributed by atoms with van der Waals surface area (Å²) in [5.74, 6) is 1.49. The number of hydrogen-bond acceptors (Lipinski definition) is 6. The van der Waals surface area contributed by atoms with Crippen LogP contribution in [0.1, 0.15) is 21.6 Å². The van der Waals surface area contributed by atoms with Gasteiger partial charge in [-0.25, -0.2) is 0 Å². The molecule has 136 valence electrons. The van der Waals surface area contributed by atoms with Crippen molar-refractivity contribution in [3.8, 4) is 11.5 Å². The topological polar surface area (TPSA) is 85.4 Å². The van der Waals surface area contributed by atoms with Gasteiger partial charge in [-0.15, -0.1) is 10.2 Å². The predicted molar refractivity (Wildman–Crippen MR) is 102 cm³/mol. The molecule has 0 spiro atoms. The average molecular weight is 362 g/mol. The minimum absolute atomic E-state index is 0.188.